The molecule has 0 N–H and O–H groups in total. The molecule has 0 amide bonds. The van der Waals surface area contributed by atoms with Gasteiger partial charge in [-0.05, 0) is 44.7 Å². The number of ketones is 1. The van der Waals surface area contributed by atoms with E-state index in [2.05, 4.69) is 10.2 Å². The maximum Gasteiger partial charge on any atom is 0.186 e. The number of aromatic nitrogens is 2. The molecule has 1 aromatic rings. The summed E-state index contributed by atoms with van der Waals surface area (Å²) in [7, 11) is -0.704. The Kier molecular flexibility index (Phi) is 3.01. The van der Waals surface area contributed by atoms with Gasteiger partial charge in [-0.3, -0.25) is 9.00 Å². The van der Waals surface area contributed by atoms with Crippen molar-refractivity contribution in [3.05, 3.63) is 23.5 Å². The standard InChI is InChI=1S/C13H16N2O2S/c1-8-2-5-12(15-14-8)13(16)9-6-10-3-4-11(7-9)18(10)17/h2,5,9-11H,3-4,6-7H2,1H3. The van der Waals surface area contributed by atoms with E-state index in [9.17, 15) is 9.00 Å². The first-order chi connectivity index (χ1) is 8.65. The Hall–Kier alpha value is -1.10. The van der Waals surface area contributed by atoms with E-state index in [-0.39, 0.29) is 22.2 Å². The van der Waals surface area contributed by atoms with Gasteiger partial charge in [0.25, 0.3) is 0 Å². The summed E-state index contributed by atoms with van der Waals surface area (Å²) in [4.78, 5) is 12.3. The van der Waals surface area contributed by atoms with Crippen LogP contribution in [0, 0.1) is 12.8 Å². The number of nitrogens with zero attached hydrogens (tertiary/aromatic N) is 2. The van der Waals surface area contributed by atoms with Crippen LogP contribution in [0.4, 0.5) is 0 Å². The summed E-state index contributed by atoms with van der Waals surface area (Å²) in [6.07, 6.45) is 3.55. The van der Waals surface area contributed by atoms with Gasteiger partial charge < -0.3 is 0 Å². The minimum atomic E-state index is -0.704. The van der Waals surface area contributed by atoms with Crippen molar-refractivity contribution in [2.45, 2.75) is 43.1 Å². The molecule has 2 aliphatic rings. The Morgan fingerprint density at radius 3 is 2.44 bits per heavy atom. The van der Waals surface area contributed by atoms with Crippen molar-refractivity contribution in [1.29, 1.82) is 0 Å². The van der Waals surface area contributed by atoms with Crippen molar-refractivity contribution in [2.75, 3.05) is 0 Å². The fourth-order valence-corrected chi connectivity index (χ4v) is 5.11. The molecule has 0 radical (unpaired) electrons. The van der Waals surface area contributed by atoms with Crippen LogP contribution in [0.1, 0.15) is 41.9 Å². The van der Waals surface area contributed by atoms with Crippen LogP contribution in [0.3, 0.4) is 0 Å². The average Bonchev–Trinajstić information content (AvgIpc) is 2.62. The smallest absolute Gasteiger partial charge is 0.186 e. The van der Waals surface area contributed by atoms with Crippen LogP contribution >= 0.6 is 0 Å². The zero-order valence-corrected chi connectivity index (χ0v) is 11.2. The zero-order chi connectivity index (χ0) is 12.7. The number of carbonyl (C=O) groups is 1. The van der Waals surface area contributed by atoms with E-state index in [1.165, 1.54) is 0 Å². The van der Waals surface area contributed by atoms with E-state index in [0.29, 0.717) is 5.69 Å². The molecule has 2 unspecified atom stereocenters. The fraction of sp³-hybridized carbons (Fsp3) is 0.615. The summed E-state index contributed by atoms with van der Waals surface area (Å²) >= 11 is 0. The number of hydrogen-bond acceptors (Lipinski definition) is 4. The van der Waals surface area contributed by atoms with Crippen molar-refractivity contribution in [2.24, 2.45) is 5.92 Å². The number of Topliss-reactive ketones (excluding diaryl/α,β-unsaturated/α-hetero) is 1. The second-order valence-corrected chi connectivity index (χ2v) is 7.23. The molecule has 0 aromatic carbocycles. The number of hydrogen-bond donors (Lipinski definition) is 0. The zero-order valence-electron chi connectivity index (χ0n) is 10.3. The normalized spacial score (nSPS) is 34.5. The first-order valence-electron chi connectivity index (χ1n) is 6.39. The van der Waals surface area contributed by atoms with Gasteiger partial charge in [-0.15, -0.1) is 5.10 Å². The number of rotatable bonds is 2. The Morgan fingerprint density at radius 1 is 1.22 bits per heavy atom. The molecule has 2 bridgehead atoms. The predicted octanol–water partition coefficient (Wildman–Crippen LogP) is 1.66. The summed E-state index contributed by atoms with van der Waals surface area (Å²) < 4.78 is 11.9. The third-order valence-corrected chi connectivity index (χ3v) is 6.15. The molecule has 4 nitrogen and oxygen atoms in total. The van der Waals surface area contributed by atoms with Gasteiger partial charge in [-0.25, -0.2) is 0 Å². The van der Waals surface area contributed by atoms with E-state index in [0.717, 1.165) is 31.4 Å². The molecule has 18 heavy (non-hydrogen) atoms. The van der Waals surface area contributed by atoms with Gasteiger partial charge in [0.2, 0.25) is 0 Å². The molecule has 2 aliphatic heterocycles. The first kappa shape index (κ1) is 12.0. The van der Waals surface area contributed by atoms with Crippen molar-refractivity contribution in [3.63, 3.8) is 0 Å². The lowest BCUT2D eigenvalue weighted by molar-refractivity contribution is 0.0900. The second kappa shape index (κ2) is 4.53. The highest BCUT2D eigenvalue weighted by atomic mass is 32.2. The van der Waals surface area contributed by atoms with Crippen molar-refractivity contribution in [1.82, 2.24) is 10.2 Å². The predicted molar refractivity (Wildman–Crippen MR) is 68.8 cm³/mol. The third-order valence-electron chi connectivity index (χ3n) is 3.98. The molecule has 3 heterocycles. The number of fused-ring (bicyclic) bond motifs is 2. The topological polar surface area (TPSA) is 59.9 Å². The van der Waals surface area contributed by atoms with Crippen LogP contribution in [-0.4, -0.2) is 30.7 Å². The van der Waals surface area contributed by atoms with Crippen LogP contribution in [0.25, 0.3) is 0 Å². The SMILES string of the molecule is Cc1ccc(C(=O)C2CC3CCC(C2)S3=O)nn1. The Labute approximate surface area is 109 Å². The maximum atomic E-state index is 12.3. The third kappa shape index (κ3) is 2.00. The van der Waals surface area contributed by atoms with E-state index in [1.807, 2.05) is 13.0 Å². The summed E-state index contributed by atoms with van der Waals surface area (Å²) in [5, 5.41) is 8.37. The summed E-state index contributed by atoms with van der Waals surface area (Å²) in [6, 6.07) is 3.56. The number of aryl methyl sites for hydroxylation is 1. The molecule has 96 valence electrons. The minimum Gasteiger partial charge on any atom is -0.292 e. The molecular formula is C13H16N2O2S. The van der Waals surface area contributed by atoms with Crippen LogP contribution in [0.15, 0.2) is 12.1 Å². The lowest BCUT2D eigenvalue weighted by atomic mass is 9.92. The van der Waals surface area contributed by atoms with Crippen LogP contribution in [0.2, 0.25) is 0 Å². The van der Waals surface area contributed by atoms with E-state index < -0.39 is 10.8 Å². The van der Waals surface area contributed by atoms with Gasteiger partial charge in [0, 0.05) is 27.2 Å². The highest BCUT2D eigenvalue weighted by Crippen LogP contribution is 2.39. The Bertz CT molecular complexity index is 484. The summed E-state index contributed by atoms with van der Waals surface area (Å²) in [5.74, 6) is 0.0771. The van der Waals surface area contributed by atoms with Crippen LogP contribution in [0.5, 0.6) is 0 Å². The first-order valence-corrected chi connectivity index (χ1v) is 7.66. The Morgan fingerprint density at radius 2 is 1.89 bits per heavy atom. The molecular weight excluding hydrogens is 248 g/mol. The fourth-order valence-electron chi connectivity index (χ4n) is 2.99. The van der Waals surface area contributed by atoms with Gasteiger partial charge in [-0.2, -0.15) is 5.10 Å². The number of carbonyl (C=O) groups excluding carboxylic acids is 1. The van der Waals surface area contributed by atoms with E-state index in [1.54, 1.807) is 6.07 Å². The lowest BCUT2D eigenvalue weighted by Gasteiger charge is -2.25. The molecule has 0 aliphatic carbocycles. The van der Waals surface area contributed by atoms with E-state index >= 15 is 0 Å². The molecule has 3 rings (SSSR count). The second-order valence-electron chi connectivity index (χ2n) is 5.24. The monoisotopic (exact) mass is 264 g/mol. The van der Waals surface area contributed by atoms with Gasteiger partial charge in [0.05, 0.1) is 5.69 Å². The van der Waals surface area contributed by atoms with Crippen molar-refractivity contribution >= 4 is 16.6 Å². The molecule has 1 aromatic heterocycles. The van der Waals surface area contributed by atoms with Crippen molar-refractivity contribution in [3.8, 4) is 0 Å². The molecule has 2 saturated heterocycles. The van der Waals surface area contributed by atoms with Crippen LogP contribution < -0.4 is 0 Å². The van der Waals surface area contributed by atoms with E-state index in [4.69, 9.17) is 0 Å². The van der Waals surface area contributed by atoms with Gasteiger partial charge in [-0.1, -0.05) is 0 Å². The maximum absolute atomic E-state index is 12.3. The largest absolute Gasteiger partial charge is 0.292 e. The summed E-state index contributed by atoms with van der Waals surface area (Å²) in [6.45, 7) is 1.85. The minimum absolute atomic E-state index is 0.00259. The molecule has 2 atom stereocenters. The average molecular weight is 264 g/mol. The quantitative estimate of drug-likeness (QED) is 0.762. The van der Waals surface area contributed by atoms with Crippen molar-refractivity contribution < 1.29 is 9.00 Å². The van der Waals surface area contributed by atoms with Gasteiger partial charge >= 0.3 is 0 Å². The highest BCUT2D eigenvalue weighted by Gasteiger charge is 2.43. The van der Waals surface area contributed by atoms with Gasteiger partial charge in [0.15, 0.2) is 5.78 Å². The summed E-state index contributed by atoms with van der Waals surface area (Å²) in [5.41, 5.74) is 1.27. The lowest BCUT2D eigenvalue weighted by Crippen LogP contribution is -2.32. The van der Waals surface area contributed by atoms with Crippen LogP contribution in [-0.2, 0) is 10.8 Å². The molecule has 0 spiro atoms. The molecule has 2 fully saturated rings. The molecule has 5 heteroatoms. The molecule has 0 saturated carbocycles. The highest BCUT2D eigenvalue weighted by molar-refractivity contribution is 7.86. The Balaban J connectivity index is 1.78. The van der Waals surface area contributed by atoms with Gasteiger partial charge in [0.1, 0.15) is 5.69 Å².